The average Bonchev–Trinajstić information content (AvgIpc) is 2.41. The van der Waals surface area contributed by atoms with Crippen molar-refractivity contribution in [2.24, 2.45) is 0 Å². The SMILES string of the molecule is O=c1oc2ccccc2cc1Nc1ncccn1. The van der Waals surface area contributed by atoms with Crippen LogP contribution in [0.25, 0.3) is 11.0 Å². The largest absolute Gasteiger partial charge is 0.421 e. The zero-order valence-electron chi connectivity index (χ0n) is 9.33. The minimum Gasteiger partial charge on any atom is -0.421 e. The molecule has 5 heteroatoms. The fourth-order valence-corrected chi connectivity index (χ4v) is 1.63. The molecule has 1 N–H and O–H groups in total. The van der Waals surface area contributed by atoms with E-state index in [-0.39, 0.29) is 0 Å². The normalized spacial score (nSPS) is 10.4. The van der Waals surface area contributed by atoms with E-state index in [2.05, 4.69) is 15.3 Å². The Bertz CT molecular complexity index is 738. The molecule has 0 saturated heterocycles. The van der Waals surface area contributed by atoms with E-state index in [4.69, 9.17) is 4.42 Å². The summed E-state index contributed by atoms with van der Waals surface area (Å²) in [6.45, 7) is 0. The molecule has 3 rings (SSSR count). The zero-order chi connectivity index (χ0) is 12.4. The highest BCUT2D eigenvalue weighted by Gasteiger charge is 2.05. The Morgan fingerprint density at radius 3 is 2.67 bits per heavy atom. The van der Waals surface area contributed by atoms with Crippen molar-refractivity contribution >= 4 is 22.6 Å². The summed E-state index contributed by atoms with van der Waals surface area (Å²) < 4.78 is 5.19. The Morgan fingerprint density at radius 1 is 1.06 bits per heavy atom. The van der Waals surface area contributed by atoms with Crippen LogP contribution in [0.4, 0.5) is 11.6 Å². The average molecular weight is 239 g/mol. The Balaban J connectivity index is 2.07. The van der Waals surface area contributed by atoms with Gasteiger partial charge in [-0.25, -0.2) is 14.8 Å². The molecule has 88 valence electrons. The lowest BCUT2D eigenvalue weighted by Gasteiger charge is -2.03. The lowest BCUT2D eigenvalue weighted by molar-refractivity contribution is 0.564. The van der Waals surface area contributed by atoms with Crippen LogP contribution in [-0.2, 0) is 0 Å². The van der Waals surface area contributed by atoms with Gasteiger partial charge in [-0.15, -0.1) is 0 Å². The summed E-state index contributed by atoms with van der Waals surface area (Å²) in [6, 6.07) is 10.7. The number of nitrogens with zero attached hydrogens (tertiary/aromatic N) is 2. The molecule has 0 aliphatic rings. The van der Waals surface area contributed by atoms with Gasteiger partial charge in [0, 0.05) is 17.8 Å². The fraction of sp³-hybridized carbons (Fsp3) is 0. The molecule has 0 fully saturated rings. The van der Waals surface area contributed by atoms with E-state index in [1.54, 1.807) is 30.6 Å². The van der Waals surface area contributed by atoms with E-state index in [1.165, 1.54) is 0 Å². The van der Waals surface area contributed by atoms with Crippen molar-refractivity contribution in [2.75, 3.05) is 5.32 Å². The topological polar surface area (TPSA) is 68.0 Å². The molecule has 2 aromatic heterocycles. The van der Waals surface area contributed by atoms with Crippen molar-refractivity contribution in [3.63, 3.8) is 0 Å². The van der Waals surface area contributed by atoms with Crippen LogP contribution in [0.3, 0.4) is 0 Å². The maximum absolute atomic E-state index is 11.8. The maximum Gasteiger partial charge on any atom is 0.360 e. The number of aromatic nitrogens is 2. The summed E-state index contributed by atoms with van der Waals surface area (Å²) in [5.41, 5.74) is 0.433. The second-order valence-electron chi connectivity index (χ2n) is 3.68. The molecule has 2 heterocycles. The van der Waals surface area contributed by atoms with Crippen molar-refractivity contribution in [2.45, 2.75) is 0 Å². The Morgan fingerprint density at radius 2 is 1.83 bits per heavy atom. The molecule has 0 bridgehead atoms. The van der Waals surface area contributed by atoms with Crippen molar-refractivity contribution < 1.29 is 4.42 Å². The van der Waals surface area contributed by atoms with Crippen molar-refractivity contribution in [1.82, 2.24) is 9.97 Å². The van der Waals surface area contributed by atoms with Crippen molar-refractivity contribution in [3.05, 3.63) is 59.2 Å². The predicted molar refractivity (Wildman–Crippen MR) is 67.8 cm³/mol. The number of hydrogen-bond donors (Lipinski definition) is 1. The predicted octanol–water partition coefficient (Wildman–Crippen LogP) is 2.33. The molecule has 0 unspecified atom stereocenters. The highest BCUT2D eigenvalue weighted by atomic mass is 16.4. The van der Waals surface area contributed by atoms with Gasteiger partial charge in [0.15, 0.2) is 0 Å². The minimum atomic E-state index is -0.443. The molecule has 3 aromatic rings. The van der Waals surface area contributed by atoms with Crippen molar-refractivity contribution in [1.29, 1.82) is 0 Å². The summed E-state index contributed by atoms with van der Waals surface area (Å²) in [5, 5.41) is 3.68. The van der Waals surface area contributed by atoms with Gasteiger partial charge >= 0.3 is 5.63 Å². The summed E-state index contributed by atoms with van der Waals surface area (Å²) >= 11 is 0. The number of benzene rings is 1. The van der Waals surface area contributed by atoms with Gasteiger partial charge in [0.1, 0.15) is 11.3 Å². The van der Waals surface area contributed by atoms with Crippen molar-refractivity contribution in [3.8, 4) is 0 Å². The standard InChI is InChI=1S/C13H9N3O2/c17-12-10(16-13-14-6-3-7-15-13)8-9-4-1-2-5-11(9)18-12/h1-8H,(H,14,15,16). The van der Waals surface area contributed by atoms with Crippen LogP contribution in [0.2, 0.25) is 0 Å². The molecule has 0 amide bonds. The van der Waals surface area contributed by atoms with Crippen LogP contribution in [0.15, 0.2) is 58.0 Å². The number of hydrogen-bond acceptors (Lipinski definition) is 5. The maximum atomic E-state index is 11.8. The minimum absolute atomic E-state index is 0.319. The monoisotopic (exact) mass is 239 g/mol. The lowest BCUT2D eigenvalue weighted by Crippen LogP contribution is -2.08. The zero-order valence-corrected chi connectivity index (χ0v) is 9.33. The summed E-state index contributed by atoms with van der Waals surface area (Å²) in [6.07, 6.45) is 3.19. The molecule has 0 atom stereocenters. The molecule has 0 aliphatic heterocycles. The molecular formula is C13H9N3O2. The first-order valence-corrected chi connectivity index (χ1v) is 5.40. The summed E-state index contributed by atoms with van der Waals surface area (Å²) in [7, 11) is 0. The molecule has 0 spiro atoms. The quantitative estimate of drug-likeness (QED) is 0.695. The van der Waals surface area contributed by atoms with Crippen LogP contribution in [0.5, 0.6) is 0 Å². The lowest BCUT2D eigenvalue weighted by atomic mass is 10.2. The summed E-state index contributed by atoms with van der Waals surface area (Å²) in [4.78, 5) is 19.7. The smallest absolute Gasteiger partial charge is 0.360 e. The molecule has 0 radical (unpaired) electrons. The molecule has 5 nitrogen and oxygen atoms in total. The van der Waals surface area contributed by atoms with Gasteiger partial charge in [0.25, 0.3) is 0 Å². The van der Waals surface area contributed by atoms with Crippen LogP contribution in [0.1, 0.15) is 0 Å². The first kappa shape index (κ1) is 10.5. The van der Waals surface area contributed by atoms with Gasteiger partial charge < -0.3 is 9.73 Å². The highest BCUT2D eigenvalue weighted by molar-refractivity contribution is 5.79. The van der Waals surface area contributed by atoms with Gasteiger partial charge in [-0.05, 0) is 18.2 Å². The van der Waals surface area contributed by atoms with Gasteiger partial charge in [-0.3, -0.25) is 0 Å². The second kappa shape index (κ2) is 4.29. The van der Waals surface area contributed by atoms with Crippen LogP contribution < -0.4 is 10.9 Å². The molecule has 0 aliphatic carbocycles. The van der Waals surface area contributed by atoms with Crippen LogP contribution in [-0.4, -0.2) is 9.97 Å². The van der Waals surface area contributed by atoms with Crippen LogP contribution in [0, 0.1) is 0 Å². The van der Waals surface area contributed by atoms with Gasteiger partial charge in [-0.2, -0.15) is 0 Å². The Kier molecular flexibility index (Phi) is 2.49. The van der Waals surface area contributed by atoms with Gasteiger partial charge in [0.05, 0.1) is 0 Å². The second-order valence-corrected chi connectivity index (χ2v) is 3.68. The number of anilines is 2. The van der Waals surface area contributed by atoms with Crippen LogP contribution >= 0.6 is 0 Å². The number of para-hydroxylation sites is 1. The fourth-order valence-electron chi connectivity index (χ4n) is 1.63. The van der Waals surface area contributed by atoms with Gasteiger partial charge in [-0.1, -0.05) is 18.2 Å². The summed E-state index contributed by atoms with van der Waals surface area (Å²) in [5.74, 6) is 0.361. The van der Waals surface area contributed by atoms with E-state index in [9.17, 15) is 4.79 Å². The first-order chi connectivity index (χ1) is 8.83. The molecule has 1 aromatic carbocycles. The van der Waals surface area contributed by atoms with E-state index >= 15 is 0 Å². The first-order valence-electron chi connectivity index (χ1n) is 5.40. The molecular weight excluding hydrogens is 230 g/mol. The van der Waals surface area contributed by atoms with E-state index in [1.807, 2.05) is 18.2 Å². The molecule has 0 saturated carbocycles. The third-order valence-electron chi connectivity index (χ3n) is 2.45. The third kappa shape index (κ3) is 1.93. The highest BCUT2D eigenvalue weighted by Crippen LogP contribution is 2.16. The van der Waals surface area contributed by atoms with E-state index in [0.717, 1.165) is 5.39 Å². The number of rotatable bonds is 2. The van der Waals surface area contributed by atoms with E-state index < -0.39 is 5.63 Å². The Hall–Kier alpha value is -2.69. The third-order valence-corrected chi connectivity index (χ3v) is 2.45. The Labute approximate surface area is 102 Å². The number of fused-ring (bicyclic) bond motifs is 1. The number of nitrogens with one attached hydrogen (secondary N) is 1. The van der Waals surface area contributed by atoms with Gasteiger partial charge in [0.2, 0.25) is 5.95 Å². The van der Waals surface area contributed by atoms with E-state index in [0.29, 0.717) is 17.2 Å². The molecule has 18 heavy (non-hydrogen) atoms.